The van der Waals surface area contributed by atoms with Crippen molar-refractivity contribution in [1.29, 1.82) is 0 Å². The molecule has 162 valence electrons. The summed E-state index contributed by atoms with van der Waals surface area (Å²) in [4.78, 5) is 43.5. The highest BCUT2D eigenvalue weighted by Crippen LogP contribution is 2.19. The molecule has 0 fully saturated rings. The monoisotopic (exact) mass is 468 g/mol. The lowest BCUT2D eigenvalue weighted by molar-refractivity contribution is -0.117. The minimum Gasteiger partial charge on any atom is -0.334 e. The number of hydrogen-bond acceptors (Lipinski definition) is 6. The smallest absolute Gasteiger partial charge is 0.321 e. The van der Waals surface area contributed by atoms with Crippen molar-refractivity contribution in [2.24, 2.45) is 0 Å². The lowest BCUT2D eigenvalue weighted by atomic mass is 10.2. The molecule has 3 N–H and O–H groups in total. The Morgan fingerprint density at radius 3 is 2.72 bits per heavy atom. The third-order valence-corrected chi connectivity index (χ3v) is 5.47. The molecule has 0 saturated carbocycles. The number of halogens is 1. The molecule has 4 rings (SSSR count). The molecule has 0 bridgehead atoms. The first-order chi connectivity index (χ1) is 15.5. The number of rotatable bonds is 6. The summed E-state index contributed by atoms with van der Waals surface area (Å²) in [7, 11) is 0. The van der Waals surface area contributed by atoms with Crippen LogP contribution in [0.2, 0.25) is 5.02 Å². The Kier molecular flexibility index (Phi) is 6.52. The fourth-order valence-electron chi connectivity index (χ4n) is 2.88. The van der Waals surface area contributed by atoms with Gasteiger partial charge in [-0.15, -0.1) is 0 Å². The highest BCUT2D eigenvalue weighted by atomic mass is 35.5. The molecule has 0 atom stereocenters. The number of urea groups is 1. The molecule has 2 heterocycles. The second kappa shape index (κ2) is 9.67. The van der Waals surface area contributed by atoms with E-state index in [1.807, 2.05) is 30.3 Å². The Balaban J connectivity index is 1.40. The molecule has 4 aromatic rings. The highest BCUT2D eigenvalue weighted by Gasteiger charge is 2.14. The molecular formula is C21H17ClN6O3S. The number of thioether (sulfide) groups is 1. The van der Waals surface area contributed by atoms with Crippen LogP contribution in [0.5, 0.6) is 0 Å². The fraction of sp³-hybridized carbons (Fsp3) is 0.0952. The molecule has 3 amide bonds. The maximum atomic E-state index is 12.4. The summed E-state index contributed by atoms with van der Waals surface area (Å²) in [5.41, 5.74) is 1.51. The first-order valence-electron chi connectivity index (χ1n) is 9.48. The average molecular weight is 469 g/mol. The first kappa shape index (κ1) is 21.6. The van der Waals surface area contributed by atoms with Gasteiger partial charge in [0.2, 0.25) is 5.91 Å². The standard InChI is InChI=1S/C21H17ClN6O3S/c22-14-7-4-8-15(9-14)28-18-16(11-24-28)19(30)27-21(26-18)32-12-17(29)25-20(31)23-10-13-5-2-1-3-6-13/h1-9,11H,10,12H2,(H,26,27,30)(H2,23,25,29,31). The summed E-state index contributed by atoms with van der Waals surface area (Å²) in [5, 5.41) is 10.1. The number of amides is 3. The van der Waals surface area contributed by atoms with Crippen LogP contribution in [-0.2, 0) is 11.3 Å². The third-order valence-electron chi connectivity index (χ3n) is 4.36. The van der Waals surface area contributed by atoms with Crippen molar-refractivity contribution in [3.05, 3.63) is 81.7 Å². The fourth-order valence-corrected chi connectivity index (χ4v) is 3.72. The topological polar surface area (TPSA) is 122 Å². The van der Waals surface area contributed by atoms with Gasteiger partial charge in [0.1, 0.15) is 5.39 Å². The van der Waals surface area contributed by atoms with Crippen molar-refractivity contribution in [2.75, 3.05) is 5.75 Å². The Hall–Kier alpha value is -3.63. The van der Waals surface area contributed by atoms with E-state index < -0.39 is 11.9 Å². The third kappa shape index (κ3) is 5.16. The zero-order chi connectivity index (χ0) is 22.5. The van der Waals surface area contributed by atoms with Crippen molar-refractivity contribution < 1.29 is 9.59 Å². The van der Waals surface area contributed by atoms with Gasteiger partial charge < -0.3 is 10.3 Å². The predicted octanol–water partition coefficient (Wildman–Crippen LogP) is 2.88. The Bertz CT molecular complexity index is 1340. The largest absolute Gasteiger partial charge is 0.334 e. The summed E-state index contributed by atoms with van der Waals surface area (Å²) >= 11 is 7.05. The van der Waals surface area contributed by atoms with E-state index in [2.05, 4.69) is 25.7 Å². The second-order valence-electron chi connectivity index (χ2n) is 6.65. The molecule has 0 aliphatic heterocycles. The van der Waals surface area contributed by atoms with Gasteiger partial charge >= 0.3 is 6.03 Å². The summed E-state index contributed by atoms with van der Waals surface area (Å²) in [6, 6.07) is 15.7. The van der Waals surface area contributed by atoms with Crippen LogP contribution < -0.4 is 16.2 Å². The van der Waals surface area contributed by atoms with Gasteiger partial charge in [-0.1, -0.05) is 59.8 Å². The van der Waals surface area contributed by atoms with Crippen LogP contribution in [0.15, 0.2) is 70.7 Å². The molecule has 2 aromatic heterocycles. The molecule has 0 aliphatic rings. The number of nitrogens with zero attached hydrogens (tertiary/aromatic N) is 3. The molecule has 0 aliphatic carbocycles. The van der Waals surface area contributed by atoms with Crippen molar-refractivity contribution in [3.63, 3.8) is 0 Å². The first-order valence-corrected chi connectivity index (χ1v) is 10.8. The Labute approximate surface area is 191 Å². The van der Waals surface area contributed by atoms with Gasteiger partial charge in [-0.3, -0.25) is 14.9 Å². The van der Waals surface area contributed by atoms with Crippen LogP contribution in [-0.4, -0.2) is 37.4 Å². The molecule has 2 aromatic carbocycles. The molecule has 32 heavy (non-hydrogen) atoms. The molecular weight excluding hydrogens is 452 g/mol. The number of carbonyl (C=O) groups is 2. The van der Waals surface area contributed by atoms with Crippen LogP contribution >= 0.6 is 23.4 Å². The van der Waals surface area contributed by atoms with Gasteiger partial charge in [0.15, 0.2) is 10.8 Å². The molecule has 9 nitrogen and oxygen atoms in total. The van der Waals surface area contributed by atoms with Crippen LogP contribution in [0.3, 0.4) is 0 Å². The summed E-state index contributed by atoms with van der Waals surface area (Å²) in [6.07, 6.45) is 1.42. The molecule has 0 radical (unpaired) electrons. The lowest BCUT2D eigenvalue weighted by Gasteiger charge is -2.07. The van der Waals surface area contributed by atoms with E-state index in [-0.39, 0.29) is 16.5 Å². The molecule has 11 heteroatoms. The quantitative estimate of drug-likeness (QED) is 0.295. The van der Waals surface area contributed by atoms with E-state index >= 15 is 0 Å². The second-order valence-corrected chi connectivity index (χ2v) is 8.05. The molecule has 0 spiro atoms. The van der Waals surface area contributed by atoms with Crippen LogP contribution in [0.1, 0.15) is 5.56 Å². The van der Waals surface area contributed by atoms with Gasteiger partial charge in [0.05, 0.1) is 17.6 Å². The number of benzene rings is 2. The van der Waals surface area contributed by atoms with Crippen molar-refractivity contribution in [1.82, 2.24) is 30.4 Å². The van der Waals surface area contributed by atoms with E-state index in [0.717, 1.165) is 17.3 Å². The number of aromatic nitrogens is 4. The van der Waals surface area contributed by atoms with Crippen molar-refractivity contribution >= 4 is 46.3 Å². The van der Waals surface area contributed by atoms with Gasteiger partial charge in [0, 0.05) is 11.6 Å². The number of fused-ring (bicyclic) bond motifs is 1. The number of H-pyrrole nitrogens is 1. The number of nitrogens with one attached hydrogen (secondary N) is 3. The van der Waals surface area contributed by atoms with E-state index in [0.29, 0.717) is 28.3 Å². The average Bonchev–Trinajstić information content (AvgIpc) is 3.22. The van der Waals surface area contributed by atoms with E-state index in [4.69, 9.17) is 11.6 Å². The summed E-state index contributed by atoms with van der Waals surface area (Å²) in [6.45, 7) is 0.298. The van der Waals surface area contributed by atoms with Gasteiger partial charge in [-0.25, -0.2) is 14.5 Å². The molecule has 0 unspecified atom stereocenters. The SMILES string of the molecule is O=C(CSc1nc2c(cnn2-c2cccc(Cl)c2)c(=O)[nH]1)NC(=O)NCc1ccccc1. The lowest BCUT2D eigenvalue weighted by Crippen LogP contribution is -2.40. The van der Waals surface area contributed by atoms with Crippen LogP contribution in [0.25, 0.3) is 16.7 Å². The zero-order valence-corrected chi connectivity index (χ0v) is 18.1. The number of carbonyl (C=O) groups excluding carboxylic acids is 2. The predicted molar refractivity (Wildman–Crippen MR) is 122 cm³/mol. The van der Waals surface area contributed by atoms with E-state index in [1.54, 1.807) is 24.3 Å². The normalized spacial score (nSPS) is 10.8. The minimum absolute atomic E-state index is 0.113. The number of hydrogen-bond donors (Lipinski definition) is 3. The maximum absolute atomic E-state index is 12.4. The summed E-state index contributed by atoms with van der Waals surface area (Å²) < 4.78 is 1.50. The molecule has 0 saturated heterocycles. The number of imide groups is 1. The van der Waals surface area contributed by atoms with Crippen molar-refractivity contribution in [2.45, 2.75) is 11.7 Å². The van der Waals surface area contributed by atoms with Crippen LogP contribution in [0, 0.1) is 0 Å². The summed E-state index contributed by atoms with van der Waals surface area (Å²) in [5.74, 6) is -0.634. The minimum atomic E-state index is -0.601. The van der Waals surface area contributed by atoms with Gasteiger partial charge in [-0.05, 0) is 23.8 Å². The van der Waals surface area contributed by atoms with E-state index in [9.17, 15) is 14.4 Å². The van der Waals surface area contributed by atoms with Crippen LogP contribution in [0.4, 0.5) is 4.79 Å². The van der Waals surface area contributed by atoms with Gasteiger partial charge in [-0.2, -0.15) is 5.10 Å². The number of aromatic amines is 1. The Morgan fingerprint density at radius 1 is 1.12 bits per heavy atom. The highest BCUT2D eigenvalue weighted by molar-refractivity contribution is 7.99. The van der Waals surface area contributed by atoms with Gasteiger partial charge in [0.25, 0.3) is 5.56 Å². The Morgan fingerprint density at radius 2 is 1.94 bits per heavy atom. The van der Waals surface area contributed by atoms with E-state index in [1.165, 1.54) is 10.9 Å². The van der Waals surface area contributed by atoms with Crippen molar-refractivity contribution in [3.8, 4) is 5.69 Å². The zero-order valence-electron chi connectivity index (χ0n) is 16.5. The maximum Gasteiger partial charge on any atom is 0.321 e.